The SMILES string of the molecule is CCCC(CCCCCCCC(=O)NCCCCC(NC(=O)CCCCCCCCC1=C(C)CCCC1(C)C)C(=O)NCCCOCCOCCOCCCC(COCCOCCOCCOCCOCCC(N)=O)C(N)=O)C1=C(C)CCCC1(C)C. The number of unbranched alkanes of at least 4 members (excludes halogenated alkanes) is 10. The fraction of sp³-hybridized carbons (Fsp3) is 0.870. The number of allylic oxidation sites excluding steroid dienone is 4. The van der Waals surface area contributed by atoms with Crippen molar-refractivity contribution in [1.29, 1.82) is 0 Å². The number of nitrogens with two attached hydrogens (primary N) is 2. The van der Waals surface area contributed by atoms with Crippen molar-refractivity contribution in [2.75, 3.05) is 119 Å². The summed E-state index contributed by atoms with van der Waals surface area (Å²) in [6.07, 6.45) is 29.8. The third-order valence-corrected chi connectivity index (χ3v) is 17.3. The average molecular weight is 1230 g/mol. The molecule has 506 valence electrons. The van der Waals surface area contributed by atoms with Crippen molar-refractivity contribution in [2.24, 2.45) is 34.1 Å². The van der Waals surface area contributed by atoms with Crippen molar-refractivity contribution in [3.63, 3.8) is 0 Å². The second kappa shape index (κ2) is 51.2. The van der Waals surface area contributed by atoms with Gasteiger partial charge in [0, 0.05) is 45.6 Å². The normalized spacial score (nSPS) is 16.0. The lowest BCUT2D eigenvalue weighted by Crippen LogP contribution is -2.47. The van der Waals surface area contributed by atoms with Gasteiger partial charge in [0.15, 0.2) is 0 Å². The maximum absolute atomic E-state index is 13.5. The van der Waals surface area contributed by atoms with Gasteiger partial charge in [-0.25, -0.2) is 0 Å². The number of carbonyl (C=O) groups is 5. The summed E-state index contributed by atoms with van der Waals surface area (Å²) in [6, 6.07) is -0.633. The van der Waals surface area contributed by atoms with Gasteiger partial charge in [-0.2, -0.15) is 0 Å². The molecule has 0 saturated heterocycles. The van der Waals surface area contributed by atoms with Gasteiger partial charge in [0.25, 0.3) is 0 Å². The second-order valence-electron chi connectivity index (χ2n) is 25.8. The molecule has 0 aromatic carbocycles. The molecule has 18 heteroatoms. The molecule has 0 aliphatic heterocycles. The van der Waals surface area contributed by atoms with E-state index in [0.29, 0.717) is 167 Å². The lowest BCUT2D eigenvalue weighted by molar-refractivity contribution is -0.129. The highest BCUT2D eigenvalue weighted by Gasteiger charge is 2.33. The van der Waals surface area contributed by atoms with Gasteiger partial charge in [0.05, 0.1) is 98.4 Å². The minimum Gasteiger partial charge on any atom is -0.379 e. The Morgan fingerprint density at radius 2 is 0.954 bits per heavy atom. The van der Waals surface area contributed by atoms with Crippen LogP contribution >= 0.6 is 0 Å². The van der Waals surface area contributed by atoms with Crippen LogP contribution in [0.4, 0.5) is 0 Å². The van der Waals surface area contributed by atoms with Crippen LogP contribution in [-0.2, 0) is 61.9 Å². The molecule has 5 amide bonds. The third-order valence-electron chi connectivity index (χ3n) is 17.3. The van der Waals surface area contributed by atoms with Gasteiger partial charge in [-0.05, 0) is 146 Å². The standard InChI is InChI=1S/C69H127N5O13/c1-8-26-58(65-57(3)28-23-37-69(65,6)7)29-16-12-11-15-18-33-63(76)72-38-21-20-32-61(74-64(77)34-19-14-10-9-13-17-31-60-56(2)27-22-36-68(60,4)5)67(79)73-39-25-41-81-44-47-83-46-43-80-40-24-30-59(66(71)78)55-87-54-53-86-52-51-85-50-49-84-48-45-82-42-35-62(70)75/h58-59,61H,8-55H2,1-7H3,(H2,70,75)(H2,71,78)(H,72,76)(H,73,79)(H,74,77). The maximum Gasteiger partial charge on any atom is 0.242 e. The minimum absolute atomic E-state index is 0.0868. The van der Waals surface area contributed by atoms with E-state index in [9.17, 15) is 24.0 Å². The number of carbonyl (C=O) groups excluding carboxylic acids is 5. The van der Waals surface area contributed by atoms with Gasteiger partial charge >= 0.3 is 0 Å². The topological polar surface area (TPSA) is 247 Å². The second-order valence-corrected chi connectivity index (χ2v) is 25.8. The molecular formula is C69H127N5O13. The Morgan fingerprint density at radius 1 is 0.471 bits per heavy atom. The molecule has 87 heavy (non-hydrogen) atoms. The average Bonchev–Trinajstić information content (AvgIpc) is 3.09. The van der Waals surface area contributed by atoms with Crippen molar-refractivity contribution in [2.45, 2.75) is 247 Å². The minimum atomic E-state index is -0.633. The molecule has 0 spiro atoms. The van der Waals surface area contributed by atoms with Crippen molar-refractivity contribution >= 4 is 29.5 Å². The first-order valence-corrected chi connectivity index (χ1v) is 34.4. The van der Waals surface area contributed by atoms with E-state index in [0.717, 1.165) is 38.5 Å². The van der Waals surface area contributed by atoms with E-state index < -0.39 is 23.8 Å². The van der Waals surface area contributed by atoms with Crippen molar-refractivity contribution in [1.82, 2.24) is 16.0 Å². The predicted octanol–water partition coefficient (Wildman–Crippen LogP) is 11.5. The van der Waals surface area contributed by atoms with E-state index in [1.54, 1.807) is 22.3 Å². The number of nitrogens with one attached hydrogen (secondary N) is 3. The highest BCUT2D eigenvalue weighted by Crippen LogP contribution is 2.46. The summed E-state index contributed by atoms with van der Waals surface area (Å²) in [5.41, 5.74) is 18.0. The van der Waals surface area contributed by atoms with Crippen LogP contribution in [0, 0.1) is 22.7 Å². The summed E-state index contributed by atoms with van der Waals surface area (Å²) in [6.45, 7) is 23.9. The van der Waals surface area contributed by atoms with Crippen LogP contribution in [0.1, 0.15) is 241 Å². The van der Waals surface area contributed by atoms with Gasteiger partial charge in [0.2, 0.25) is 29.5 Å². The highest BCUT2D eigenvalue weighted by molar-refractivity contribution is 5.87. The smallest absolute Gasteiger partial charge is 0.242 e. The molecular weight excluding hydrogens is 1110 g/mol. The van der Waals surface area contributed by atoms with Gasteiger partial charge in [-0.3, -0.25) is 24.0 Å². The number of primary amides is 2. The fourth-order valence-electron chi connectivity index (χ4n) is 12.4. The maximum atomic E-state index is 13.5. The summed E-state index contributed by atoms with van der Waals surface area (Å²) in [5.74, 6) is -0.694. The van der Waals surface area contributed by atoms with E-state index in [1.807, 2.05) is 0 Å². The summed E-state index contributed by atoms with van der Waals surface area (Å²) < 4.78 is 44.3. The van der Waals surface area contributed by atoms with E-state index in [1.165, 1.54) is 103 Å². The summed E-state index contributed by atoms with van der Waals surface area (Å²) in [7, 11) is 0. The predicted molar refractivity (Wildman–Crippen MR) is 347 cm³/mol. The molecule has 2 aliphatic rings. The van der Waals surface area contributed by atoms with Crippen LogP contribution in [0.3, 0.4) is 0 Å². The molecule has 0 saturated carbocycles. The molecule has 3 unspecified atom stereocenters. The van der Waals surface area contributed by atoms with E-state index in [4.69, 9.17) is 49.4 Å². The number of ether oxygens (including phenoxy) is 8. The van der Waals surface area contributed by atoms with Crippen LogP contribution in [0.25, 0.3) is 0 Å². The van der Waals surface area contributed by atoms with Gasteiger partial charge in [0.1, 0.15) is 6.04 Å². The van der Waals surface area contributed by atoms with Crippen LogP contribution in [-0.4, -0.2) is 154 Å². The van der Waals surface area contributed by atoms with E-state index >= 15 is 0 Å². The molecule has 0 heterocycles. The lowest BCUT2D eigenvalue weighted by Gasteiger charge is -2.39. The van der Waals surface area contributed by atoms with Crippen molar-refractivity contribution < 1.29 is 61.9 Å². The quantitative estimate of drug-likeness (QED) is 0.0281. The zero-order chi connectivity index (χ0) is 63.6. The molecule has 2 rings (SSSR count). The van der Waals surface area contributed by atoms with Crippen molar-refractivity contribution in [3.05, 3.63) is 22.3 Å². The largest absolute Gasteiger partial charge is 0.379 e. The van der Waals surface area contributed by atoms with Crippen LogP contribution < -0.4 is 27.4 Å². The zero-order valence-corrected chi connectivity index (χ0v) is 56.1. The van der Waals surface area contributed by atoms with E-state index in [2.05, 4.69) is 64.4 Å². The number of amides is 5. The van der Waals surface area contributed by atoms with Crippen molar-refractivity contribution in [3.8, 4) is 0 Å². The lowest BCUT2D eigenvalue weighted by atomic mass is 9.66. The van der Waals surface area contributed by atoms with Crippen LogP contribution in [0.2, 0.25) is 0 Å². The molecule has 7 N–H and O–H groups in total. The van der Waals surface area contributed by atoms with Gasteiger partial charge in [-0.1, -0.05) is 115 Å². The Morgan fingerprint density at radius 3 is 1.52 bits per heavy atom. The first kappa shape index (κ1) is 79.6. The van der Waals surface area contributed by atoms with Gasteiger partial charge < -0.3 is 65.3 Å². The monoisotopic (exact) mass is 1230 g/mol. The third kappa shape index (κ3) is 40.8. The first-order chi connectivity index (χ1) is 42.0. The Hall–Kier alpha value is -3.49. The molecule has 18 nitrogen and oxygen atoms in total. The number of hydrogen-bond acceptors (Lipinski definition) is 13. The molecule has 0 aromatic heterocycles. The molecule has 3 atom stereocenters. The molecule has 0 fully saturated rings. The Bertz CT molecular complexity index is 1900. The number of rotatable bonds is 59. The first-order valence-electron chi connectivity index (χ1n) is 34.4. The molecule has 2 aliphatic carbocycles. The summed E-state index contributed by atoms with van der Waals surface area (Å²) in [5, 5.41) is 9.16. The van der Waals surface area contributed by atoms with E-state index in [-0.39, 0.29) is 37.4 Å². The Kier molecular flexibility index (Phi) is 46.8. The Balaban J connectivity index is 1.59. The summed E-state index contributed by atoms with van der Waals surface area (Å²) >= 11 is 0. The van der Waals surface area contributed by atoms with Gasteiger partial charge in [-0.15, -0.1) is 0 Å². The molecule has 0 aromatic rings. The van der Waals surface area contributed by atoms with Crippen LogP contribution in [0.15, 0.2) is 22.3 Å². The molecule has 0 bridgehead atoms. The highest BCUT2D eigenvalue weighted by atomic mass is 16.6. The van der Waals surface area contributed by atoms with Crippen LogP contribution in [0.5, 0.6) is 0 Å². The molecule has 0 radical (unpaired) electrons. The Labute approximate surface area is 527 Å². The zero-order valence-electron chi connectivity index (χ0n) is 56.1. The summed E-state index contributed by atoms with van der Waals surface area (Å²) in [4.78, 5) is 62.1. The fourth-order valence-corrected chi connectivity index (χ4v) is 12.4. The number of hydrogen-bond donors (Lipinski definition) is 5.